The molecule has 4 nitrogen and oxygen atoms in total. The highest BCUT2D eigenvalue weighted by Gasteiger charge is 2.53. The number of aromatic nitrogens is 1. The monoisotopic (exact) mass is 324 g/mol. The number of ether oxygens (including phenoxy) is 1. The van der Waals surface area contributed by atoms with Crippen LogP contribution in [0.5, 0.6) is 0 Å². The molecule has 1 amide bonds. The quantitative estimate of drug-likeness (QED) is 0.888. The molecule has 24 heavy (non-hydrogen) atoms. The normalized spacial score (nSPS) is 21.6. The van der Waals surface area contributed by atoms with Gasteiger partial charge in [0, 0.05) is 32.2 Å². The highest BCUT2D eigenvalue weighted by molar-refractivity contribution is 5.95. The van der Waals surface area contributed by atoms with Crippen LogP contribution in [0.3, 0.4) is 0 Å². The van der Waals surface area contributed by atoms with Gasteiger partial charge in [-0.3, -0.25) is 4.79 Å². The lowest BCUT2D eigenvalue weighted by molar-refractivity contribution is 0.0519. The van der Waals surface area contributed by atoms with Gasteiger partial charge < -0.3 is 15.0 Å². The lowest BCUT2D eigenvalue weighted by atomic mass is 9.94. The van der Waals surface area contributed by atoms with Crippen LogP contribution in [0, 0.1) is 11.3 Å². The van der Waals surface area contributed by atoms with Crippen LogP contribution in [0.2, 0.25) is 0 Å². The van der Waals surface area contributed by atoms with E-state index in [4.69, 9.17) is 4.74 Å². The second-order valence-electron chi connectivity index (χ2n) is 7.14. The summed E-state index contributed by atoms with van der Waals surface area (Å²) in [6, 6.07) is 10.3. The van der Waals surface area contributed by atoms with Crippen molar-refractivity contribution in [1.29, 1.82) is 0 Å². The fraction of sp³-hybridized carbons (Fsp3) is 0.450. The van der Waals surface area contributed by atoms with Crippen LogP contribution < -0.4 is 5.32 Å². The molecule has 1 saturated carbocycles. The summed E-state index contributed by atoms with van der Waals surface area (Å²) in [4.78, 5) is 15.6. The highest BCUT2D eigenvalue weighted by atomic mass is 16.5. The zero-order chi connectivity index (χ0) is 16.4. The molecule has 2 fully saturated rings. The molecule has 1 spiro atoms. The predicted octanol–water partition coefficient (Wildman–Crippen LogP) is 3.15. The van der Waals surface area contributed by atoms with Gasteiger partial charge in [0.2, 0.25) is 0 Å². The van der Waals surface area contributed by atoms with E-state index in [2.05, 4.69) is 22.4 Å². The van der Waals surface area contributed by atoms with Crippen LogP contribution in [0.4, 0.5) is 0 Å². The summed E-state index contributed by atoms with van der Waals surface area (Å²) >= 11 is 0. The Labute approximate surface area is 142 Å². The summed E-state index contributed by atoms with van der Waals surface area (Å²) in [6.45, 7) is 2.54. The molecule has 2 N–H and O–H groups in total. The summed E-state index contributed by atoms with van der Waals surface area (Å²) < 4.78 is 5.46. The van der Waals surface area contributed by atoms with Crippen LogP contribution in [0.1, 0.15) is 40.7 Å². The molecule has 1 atom stereocenters. The molecule has 2 aliphatic rings. The molecule has 1 unspecified atom stereocenters. The van der Waals surface area contributed by atoms with Crippen molar-refractivity contribution in [3.05, 3.63) is 59.4 Å². The number of carbonyl (C=O) groups excluding carboxylic acids is 1. The maximum atomic E-state index is 12.6. The number of hydrogen-bond donors (Lipinski definition) is 2. The Morgan fingerprint density at radius 3 is 2.79 bits per heavy atom. The van der Waals surface area contributed by atoms with E-state index in [1.807, 2.05) is 30.6 Å². The minimum atomic E-state index is 0.0382. The van der Waals surface area contributed by atoms with Crippen molar-refractivity contribution in [2.24, 2.45) is 11.3 Å². The van der Waals surface area contributed by atoms with Gasteiger partial charge >= 0.3 is 0 Å². The van der Waals surface area contributed by atoms with Gasteiger partial charge in [-0.1, -0.05) is 30.3 Å². The third kappa shape index (κ3) is 3.11. The van der Waals surface area contributed by atoms with E-state index < -0.39 is 0 Å². The van der Waals surface area contributed by atoms with E-state index in [1.165, 1.54) is 12.0 Å². The van der Waals surface area contributed by atoms with Crippen molar-refractivity contribution in [2.45, 2.75) is 25.7 Å². The summed E-state index contributed by atoms with van der Waals surface area (Å²) in [7, 11) is 0. The summed E-state index contributed by atoms with van der Waals surface area (Å²) in [5.74, 6) is 0.665. The molecule has 1 aliphatic carbocycles. The average molecular weight is 324 g/mol. The molecular formula is C20H24N2O2. The van der Waals surface area contributed by atoms with Gasteiger partial charge in [-0.2, -0.15) is 0 Å². The topological polar surface area (TPSA) is 54.1 Å². The Morgan fingerprint density at radius 2 is 2.00 bits per heavy atom. The molecule has 1 aliphatic heterocycles. The van der Waals surface area contributed by atoms with Gasteiger partial charge in [-0.05, 0) is 48.1 Å². The van der Waals surface area contributed by atoms with Gasteiger partial charge in [0.15, 0.2) is 0 Å². The number of rotatable bonds is 5. The van der Waals surface area contributed by atoms with Gasteiger partial charge in [0.1, 0.15) is 0 Å². The van der Waals surface area contributed by atoms with Crippen LogP contribution in [-0.2, 0) is 11.2 Å². The predicted molar refractivity (Wildman–Crippen MR) is 93.0 cm³/mol. The van der Waals surface area contributed by atoms with Crippen molar-refractivity contribution < 1.29 is 9.53 Å². The molecular weight excluding hydrogens is 300 g/mol. The van der Waals surface area contributed by atoms with Crippen molar-refractivity contribution >= 4 is 5.91 Å². The molecule has 2 aromatic rings. The largest absolute Gasteiger partial charge is 0.381 e. The number of aromatic amines is 1. The first-order chi connectivity index (χ1) is 11.8. The summed E-state index contributed by atoms with van der Waals surface area (Å²) in [6.07, 6.45) is 8.05. The minimum absolute atomic E-state index is 0.0382. The van der Waals surface area contributed by atoms with Crippen LogP contribution in [0.15, 0.2) is 42.7 Å². The number of carbonyl (C=O) groups is 1. The summed E-state index contributed by atoms with van der Waals surface area (Å²) in [5, 5.41) is 3.15. The molecule has 4 rings (SSSR count). The smallest absolute Gasteiger partial charge is 0.253 e. The number of nitrogens with one attached hydrogen (secondary N) is 2. The fourth-order valence-electron chi connectivity index (χ4n) is 3.99. The Kier molecular flexibility index (Phi) is 4.15. The second kappa shape index (κ2) is 6.44. The van der Waals surface area contributed by atoms with Crippen molar-refractivity contribution in [3.8, 4) is 0 Å². The van der Waals surface area contributed by atoms with E-state index in [9.17, 15) is 4.79 Å². The van der Waals surface area contributed by atoms with Gasteiger partial charge in [0.25, 0.3) is 5.91 Å². The Bertz CT molecular complexity index is 701. The molecule has 2 heterocycles. The molecule has 4 heteroatoms. The van der Waals surface area contributed by atoms with E-state index in [1.54, 1.807) is 0 Å². The fourth-order valence-corrected chi connectivity index (χ4v) is 3.99. The first-order valence-electron chi connectivity index (χ1n) is 8.82. The Morgan fingerprint density at radius 1 is 1.21 bits per heavy atom. The van der Waals surface area contributed by atoms with Gasteiger partial charge in [-0.25, -0.2) is 0 Å². The number of benzene rings is 1. The lowest BCUT2D eigenvalue weighted by Gasteiger charge is -2.23. The third-order valence-electron chi connectivity index (χ3n) is 5.67. The van der Waals surface area contributed by atoms with Crippen molar-refractivity contribution in [3.63, 3.8) is 0 Å². The van der Waals surface area contributed by atoms with Gasteiger partial charge in [0.05, 0.1) is 5.56 Å². The zero-order valence-corrected chi connectivity index (χ0v) is 13.9. The average Bonchev–Trinajstić information content (AvgIpc) is 3.05. The second-order valence-corrected chi connectivity index (χ2v) is 7.14. The van der Waals surface area contributed by atoms with Crippen LogP contribution in [-0.4, -0.2) is 30.6 Å². The molecule has 1 saturated heterocycles. The first-order valence-corrected chi connectivity index (χ1v) is 8.82. The molecule has 1 aromatic carbocycles. The van der Waals surface area contributed by atoms with Gasteiger partial charge in [-0.15, -0.1) is 0 Å². The number of hydrogen-bond acceptors (Lipinski definition) is 2. The molecule has 0 bridgehead atoms. The van der Waals surface area contributed by atoms with E-state index in [0.29, 0.717) is 11.3 Å². The number of H-pyrrole nitrogens is 1. The SMILES string of the molecule is O=C(NCC1CC12CCOCC2)c1c[nH]cc1Cc1ccccc1. The molecule has 126 valence electrons. The first kappa shape index (κ1) is 15.5. The lowest BCUT2D eigenvalue weighted by Crippen LogP contribution is -2.29. The van der Waals surface area contributed by atoms with E-state index in [-0.39, 0.29) is 5.91 Å². The maximum absolute atomic E-state index is 12.6. The zero-order valence-electron chi connectivity index (χ0n) is 13.9. The standard InChI is InChI=1S/C20H24N2O2/c23-19(22-13-17-11-20(17)6-8-24-9-7-20)18-14-21-12-16(18)10-15-4-2-1-3-5-15/h1-5,12,14,17,21H,6-11,13H2,(H,22,23). The third-order valence-corrected chi connectivity index (χ3v) is 5.67. The maximum Gasteiger partial charge on any atom is 0.253 e. The van der Waals surface area contributed by atoms with E-state index in [0.717, 1.165) is 50.1 Å². The van der Waals surface area contributed by atoms with Crippen molar-refractivity contribution in [1.82, 2.24) is 10.3 Å². The molecule has 0 radical (unpaired) electrons. The van der Waals surface area contributed by atoms with Crippen LogP contribution in [0.25, 0.3) is 0 Å². The Balaban J connectivity index is 1.35. The minimum Gasteiger partial charge on any atom is -0.381 e. The number of amides is 1. The highest BCUT2D eigenvalue weighted by Crippen LogP contribution is 2.58. The molecule has 1 aromatic heterocycles. The van der Waals surface area contributed by atoms with Crippen molar-refractivity contribution in [2.75, 3.05) is 19.8 Å². The summed E-state index contributed by atoms with van der Waals surface area (Å²) in [5.41, 5.74) is 3.49. The van der Waals surface area contributed by atoms with E-state index >= 15 is 0 Å². The van der Waals surface area contributed by atoms with Crippen LogP contribution >= 0.6 is 0 Å². The Hall–Kier alpha value is -2.07.